The van der Waals surface area contributed by atoms with Crippen molar-refractivity contribution in [3.63, 3.8) is 0 Å². The van der Waals surface area contributed by atoms with E-state index >= 15 is 0 Å². The summed E-state index contributed by atoms with van der Waals surface area (Å²) in [5, 5.41) is 4.58. The third kappa shape index (κ3) is 6.12. The molecule has 0 unspecified atom stereocenters. The summed E-state index contributed by atoms with van der Waals surface area (Å²) in [5.41, 5.74) is 4.32. The van der Waals surface area contributed by atoms with Crippen LogP contribution in [0.3, 0.4) is 0 Å². The molecule has 1 aliphatic rings. The molecule has 1 amide bonds. The van der Waals surface area contributed by atoms with Gasteiger partial charge in [-0.25, -0.2) is 4.98 Å². The number of hydrogen-bond acceptors (Lipinski definition) is 10. The third-order valence-corrected chi connectivity index (χ3v) is 7.67. The Morgan fingerprint density at radius 1 is 1.05 bits per heavy atom. The van der Waals surface area contributed by atoms with Crippen molar-refractivity contribution in [2.24, 2.45) is 0 Å². The molecule has 3 N–H and O–H groups in total. The van der Waals surface area contributed by atoms with Crippen LogP contribution in [0.5, 0.6) is 11.9 Å². The Balaban J connectivity index is 1.50. The molecule has 4 aromatic rings. The molecule has 1 fully saturated rings. The van der Waals surface area contributed by atoms with E-state index in [9.17, 15) is 4.79 Å². The van der Waals surface area contributed by atoms with Crippen LogP contribution in [0.25, 0.3) is 22.0 Å². The Labute approximate surface area is 229 Å². The van der Waals surface area contributed by atoms with Gasteiger partial charge in [0.15, 0.2) is 0 Å². The molecule has 1 aliphatic carbocycles. The van der Waals surface area contributed by atoms with E-state index < -0.39 is 0 Å². The summed E-state index contributed by atoms with van der Waals surface area (Å²) in [6.45, 7) is 1.83. The number of aromatic nitrogens is 3. The molecule has 38 heavy (non-hydrogen) atoms. The lowest BCUT2D eigenvalue weighted by atomic mass is 10.0. The molecule has 0 saturated heterocycles. The standard InChI is InChI=1S/C27H28N6O3S2/c1-4-24(34)33-37-19-7-5-6-18(13-19)30-25-20-11-8-16(21-14-29-27(36-3)31-26(21)35-2)12-22(20)28-15-23(25)38-32-17-9-10-17/h5-8,11-15,17,32H,4,9-10H2,1-3H3,(H,28,30)(H,33,34). The summed E-state index contributed by atoms with van der Waals surface area (Å²) in [6, 6.07) is 14.8. The van der Waals surface area contributed by atoms with Gasteiger partial charge in [0.25, 0.3) is 0 Å². The van der Waals surface area contributed by atoms with Crippen LogP contribution < -0.4 is 24.2 Å². The number of nitrogens with one attached hydrogen (secondary N) is 3. The number of nitrogens with zero attached hydrogens (tertiary/aromatic N) is 3. The summed E-state index contributed by atoms with van der Waals surface area (Å²) in [5.74, 6) is 0.424. The van der Waals surface area contributed by atoms with Crippen LogP contribution in [-0.4, -0.2) is 41.1 Å². The molecule has 0 radical (unpaired) electrons. The van der Waals surface area contributed by atoms with Gasteiger partial charge in [-0.05, 0) is 66.6 Å². The summed E-state index contributed by atoms with van der Waals surface area (Å²) in [7, 11) is 3.09. The van der Waals surface area contributed by atoms with E-state index in [1.807, 2.05) is 55.6 Å². The Kier molecular flexibility index (Phi) is 8.16. The maximum atomic E-state index is 11.7. The molecule has 9 nitrogen and oxygen atoms in total. The molecule has 1 saturated carbocycles. The highest BCUT2D eigenvalue weighted by Gasteiger charge is 2.22. The highest BCUT2D eigenvalue weighted by molar-refractivity contribution is 7.98. The van der Waals surface area contributed by atoms with Crippen molar-refractivity contribution in [2.75, 3.05) is 19.5 Å². The largest absolute Gasteiger partial charge is 0.480 e. The lowest BCUT2D eigenvalue weighted by molar-refractivity contribution is -0.118. The van der Waals surface area contributed by atoms with Gasteiger partial charge in [0.2, 0.25) is 11.8 Å². The van der Waals surface area contributed by atoms with E-state index in [1.54, 1.807) is 25.3 Å². The summed E-state index contributed by atoms with van der Waals surface area (Å²) in [6.07, 6.45) is 6.40. The van der Waals surface area contributed by atoms with Crippen LogP contribution in [-0.2, 0) is 4.79 Å². The average Bonchev–Trinajstić information content (AvgIpc) is 3.79. The van der Waals surface area contributed by atoms with Gasteiger partial charge in [0.05, 0.1) is 35.9 Å². The van der Waals surface area contributed by atoms with E-state index in [-0.39, 0.29) is 11.9 Å². The van der Waals surface area contributed by atoms with Crippen LogP contribution in [0.1, 0.15) is 26.2 Å². The number of fused-ring (bicyclic) bond motifs is 1. The van der Waals surface area contributed by atoms with Crippen molar-refractivity contribution in [3.05, 3.63) is 54.9 Å². The number of benzene rings is 2. The highest BCUT2D eigenvalue weighted by Crippen LogP contribution is 2.38. The normalized spacial score (nSPS) is 12.8. The molecular formula is C27H28N6O3S2. The third-order valence-electron chi connectivity index (χ3n) is 5.87. The Morgan fingerprint density at radius 3 is 2.68 bits per heavy atom. The van der Waals surface area contributed by atoms with E-state index in [0.717, 1.165) is 43.2 Å². The van der Waals surface area contributed by atoms with Gasteiger partial charge < -0.3 is 14.8 Å². The molecule has 2 heterocycles. The number of hydrogen-bond donors (Lipinski definition) is 3. The van der Waals surface area contributed by atoms with Crippen molar-refractivity contribution in [2.45, 2.75) is 42.0 Å². The number of carbonyl (C=O) groups is 1. The number of amides is 1. The van der Waals surface area contributed by atoms with Crippen LogP contribution >= 0.6 is 23.9 Å². The van der Waals surface area contributed by atoms with Gasteiger partial charge in [0, 0.05) is 40.8 Å². The molecule has 196 valence electrons. The van der Waals surface area contributed by atoms with Gasteiger partial charge in [-0.2, -0.15) is 4.98 Å². The minimum atomic E-state index is -0.00646. The predicted octanol–water partition coefficient (Wildman–Crippen LogP) is 5.75. The van der Waals surface area contributed by atoms with Gasteiger partial charge in [-0.3, -0.25) is 19.2 Å². The molecule has 0 bridgehead atoms. The minimum Gasteiger partial charge on any atom is -0.480 e. The second-order valence-electron chi connectivity index (χ2n) is 8.64. The zero-order valence-corrected chi connectivity index (χ0v) is 22.9. The lowest BCUT2D eigenvalue weighted by Crippen LogP contribution is -2.13. The van der Waals surface area contributed by atoms with Gasteiger partial charge in [-0.1, -0.05) is 25.1 Å². The monoisotopic (exact) mass is 548 g/mol. The topological polar surface area (TPSA) is 110 Å². The van der Waals surface area contributed by atoms with Gasteiger partial charge >= 0.3 is 6.01 Å². The molecule has 0 atom stereocenters. The Bertz CT molecular complexity index is 1460. The Morgan fingerprint density at radius 2 is 1.92 bits per heavy atom. The molecule has 2 aromatic carbocycles. The van der Waals surface area contributed by atoms with Gasteiger partial charge in [0.1, 0.15) is 0 Å². The highest BCUT2D eigenvalue weighted by atomic mass is 32.2. The molecule has 2 aromatic heterocycles. The number of ether oxygens (including phenoxy) is 2. The number of methoxy groups -OCH3 is 2. The minimum absolute atomic E-state index is 0.00646. The SMILES string of the molecule is CCC(=O)NSc1cccc(Nc2c(SNC3CC3)cnc3cc(-c4cnc(OC)nc4OC)ccc23)c1. The number of pyridine rings is 1. The van der Waals surface area contributed by atoms with Crippen molar-refractivity contribution >= 4 is 52.1 Å². The second-order valence-corrected chi connectivity index (χ2v) is 10.4. The second kappa shape index (κ2) is 11.9. The van der Waals surface area contributed by atoms with E-state index in [0.29, 0.717) is 18.3 Å². The van der Waals surface area contributed by atoms with Crippen LogP contribution in [0.15, 0.2) is 64.6 Å². The van der Waals surface area contributed by atoms with Crippen molar-refractivity contribution in [1.29, 1.82) is 0 Å². The molecule has 0 spiro atoms. The van der Waals surface area contributed by atoms with Crippen molar-refractivity contribution in [3.8, 4) is 23.0 Å². The summed E-state index contributed by atoms with van der Waals surface area (Å²) in [4.78, 5) is 27.0. The van der Waals surface area contributed by atoms with E-state index in [1.165, 1.54) is 31.9 Å². The zero-order chi connectivity index (χ0) is 26.5. The molecule has 5 rings (SSSR count). The first-order chi connectivity index (χ1) is 18.6. The lowest BCUT2D eigenvalue weighted by Gasteiger charge is -2.16. The zero-order valence-electron chi connectivity index (χ0n) is 21.3. The first-order valence-corrected chi connectivity index (χ1v) is 13.8. The fraction of sp³-hybridized carbons (Fsp3) is 0.259. The van der Waals surface area contributed by atoms with Crippen LogP contribution in [0, 0.1) is 0 Å². The van der Waals surface area contributed by atoms with Crippen LogP contribution in [0.2, 0.25) is 0 Å². The summed E-state index contributed by atoms with van der Waals surface area (Å²) >= 11 is 2.90. The van der Waals surface area contributed by atoms with Crippen molar-refractivity contribution in [1.82, 2.24) is 24.4 Å². The number of rotatable bonds is 11. The van der Waals surface area contributed by atoms with Crippen molar-refractivity contribution < 1.29 is 14.3 Å². The quantitative estimate of drug-likeness (QED) is 0.201. The maximum absolute atomic E-state index is 11.7. The Hall–Kier alpha value is -3.54. The maximum Gasteiger partial charge on any atom is 0.319 e. The van der Waals surface area contributed by atoms with Gasteiger partial charge in [-0.15, -0.1) is 0 Å². The summed E-state index contributed by atoms with van der Waals surface area (Å²) < 4.78 is 17.0. The fourth-order valence-electron chi connectivity index (χ4n) is 3.67. The van der Waals surface area contributed by atoms with Crippen LogP contribution in [0.4, 0.5) is 11.4 Å². The predicted molar refractivity (Wildman–Crippen MR) is 152 cm³/mol. The number of anilines is 2. The van der Waals surface area contributed by atoms with E-state index in [2.05, 4.69) is 24.7 Å². The molecular weight excluding hydrogens is 520 g/mol. The van der Waals surface area contributed by atoms with E-state index in [4.69, 9.17) is 14.5 Å². The first kappa shape index (κ1) is 26.1. The molecule has 0 aliphatic heterocycles. The molecule has 11 heteroatoms. The smallest absolute Gasteiger partial charge is 0.319 e. The fourth-order valence-corrected chi connectivity index (χ4v) is 5.28. The average molecular weight is 549 g/mol. The number of carbonyl (C=O) groups excluding carboxylic acids is 1. The first-order valence-electron chi connectivity index (χ1n) is 12.2.